The molecule has 1 saturated heterocycles. The Morgan fingerprint density at radius 3 is 2.67 bits per heavy atom. The maximum absolute atomic E-state index is 12.9. The summed E-state index contributed by atoms with van der Waals surface area (Å²) in [4.78, 5) is 30.5. The van der Waals surface area contributed by atoms with Crippen molar-refractivity contribution in [2.24, 2.45) is 0 Å². The smallest absolute Gasteiger partial charge is 0.245 e. The van der Waals surface area contributed by atoms with Gasteiger partial charge in [-0.15, -0.1) is 0 Å². The number of pyridine rings is 1. The Hall–Kier alpha value is -2.69. The van der Waals surface area contributed by atoms with Gasteiger partial charge in [0.1, 0.15) is 6.04 Å². The van der Waals surface area contributed by atoms with Gasteiger partial charge < -0.3 is 10.2 Å². The fourth-order valence-corrected chi connectivity index (χ4v) is 2.91. The van der Waals surface area contributed by atoms with E-state index in [1.54, 1.807) is 11.1 Å². The van der Waals surface area contributed by atoms with Crippen LogP contribution in [-0.2, 0) is 22.7 Å². The third kappa shape index (κ3) is 3.79. The monoisotopic (exact) mass is 323 g/mol. The van der Waals surface area contributed by atoms with Crippen LogP contribution >= 0.6 is 0 Å². The second kappa shape index (κ2) is 7.25. The molecule has 24 heavy (non-hydrogen) atoms. The lowest BCUT2D eigenvalue weighted by atomic mass is 10.1. The number of nitrogens with zero attached hydrogens (tertiary/aromatic N) is 2. The molecule has 3 rings (SSSR count). The van der Waals surface area contributed by atoms with E-state index in [0.29, 0.717) is 25.9 Å². The van der Waals surface area contributed by atoms with Gasteiger partial charge in [-0.1, -0.05) is 30.3 Å². The summed E-state index contributed by atoms with van der Waals surface area (Å²) in [5, 5.41) is 2.77. The molecule has 0 bridgehead atoms. The number of amides is 2. The molecule has 2 aromatic rings. The Bertz CT molecular complexity index is 730. The fourth-order valence-electron chi connectivity index (χ4n) is 2.91. The number of hydrogen-bond donors (Lipinski definition) is 1. The number of rotatable bonds is 5. The Kier molecular flexibility index (Phi) is 4.89. The van der Waals surface area contributed by atoms with Gasteiger partial charge in [-0.25, -0.2) is 0 Å². The Balaban J connectivity index is 1.81. The summed E-state index contributed by atoms with van der Waals surface area (Å²) in [6, 6.07) is 13.3. The van der Waals surface area contributed by atoms with Crippen LogP contribution in [0.5, 0.6) is 0 Å². The molecule has 0 spiro atoms. The maximum atomic E-state index is 12.9. The zero-order valence-corrected chi connectivity index (χ0v) is 13.7. The van der Waals surface area contributed by atoms with Crippen LogP contribution in [0.4, 0.5) is 0 Å². The molecule has 124 valence electrons. The summed E-state index contributed by atoms with van der Waals surface area (Å²) in [7, 11) is 0. The molecule has 1 fully saturated rings. The van der Waals surface area contributed by atoms with Crippen molar-refractivity contribution in [2.45, 2.75) is 38.9 Å². The molecule has 2 amide bonds. The van der Waals surface area contributed by atoms with E-state index >= 15 is 0 Å². The van der Waals surface area contributed by atoms with Crippen molar-refractivity contribution in [1.29, 1.82) is 0 Å². The third-order valence-corrected chi connectivity index (χ3v) is 4.31. The van der Waals surface area contributed by atoms with Gasteiger partial charge >= 0.3 is 0 Å². The van der Waals surface area contributed by atoms with Crippen molar-refractivity contribution in [3.05, 3.63) is 65.5 Å². The number of aromatic nitrogens is 1. The number of benzene rings is 1. The van der Waals surface area contributed by atoms with Crippen molar-refractivity contribution in [1.82, 2.24) is 15.2 Å². The molecular formula is C19H21N3O2. The zero-order chi connectivity index (χ0) is 16.9. The van der Waals surface area contributed by atoms with Crippen LogP contribution in [0.1, 0.15) is 29.7 Å². The maximum Gasteiger partial charge on any atom is 0.245 e. The Morgan fingerprint density at radius 1 is 1.21 bits per heavy atom. The number of nitrogens with one attached hydrogen (secondary N) is 1. The minimum Gasteiger partial charge on any atom is -0.344 e. The van der Waals surface area contributed by atoms with E-state index < -0.39 is 6.04 Å². The van der Waals surface area contributed by atoms with E-state index in [1.807, 2.05) is 49.4 Å². The molecule has 0 radical (unpaired) electrons. The fraction of sp³-hybridized carbons (Fsp3) is 0.316. The van der Waals surface area contributed by atoms with Crippen LogP contribution in [0.25, 0.3) is 0 Å². The number of carbonyl (C=O) groups is 2. The highest BCUT2D eigenvalue weighted by Crippen LogP contribution is 2.17. The van der Waals surface area contributed by atoms with Crippen LogP contribution in [0.2, 0.25) is 0 Å². The largest absolute Gasteiger partial charge is 0.344 e. The molecule has 1 aliphatic heterocycles. The second-order valence-electron chi connectivity index (χ2n) is 6.10. The van der Waals surface area contributed by atoms with Gasteiger partial charge in [0, 0.05) is 19.2 Å². The molecule has 1 atom stereocenters. The summed E-state index contributed by atoms with van der Waals surface area (Å²) in [5.41, 5.74) is 3.08. The van der Waals surface area contributed by atoms with Crippen LogP contribution in [0.15, 0.2) is 48.7 Å². The quantitative estimate of drug-likeness (QED) is 0.917. The van der Waals surface area contributed by atoms with Gasteiger partial charge in [-0.2, -0.15) is 0 Å². The highest BCUT2D eigenvalue weighted by Gasteiger charge is 2.31. The van der Waals surface area contributed by atoms with E-state index in [4.69, 9.17) is 0 Å². The van der Waals surface area contributed by atoms with E-state index in [-0.39, 0.29) is 11.8 Å². The molecule has 0 saturated carbocycles. The standard InChI is InChI=1S/C19H21N3O2/c1-14-6-2-3-7-15(14)12-22(13-16-8-4-5-11-20-16)19(24)17-9-10-18(23)21-17/h2-8,11,17H,9-10,12-13H2,1H3,(H,21,23)/t17-/m1/s1. The summed E-state index contributed by atoms with van der Waals surface area (Å²) in [6.45, 7) is 2.98. The number of hydrogen-bond acceptors (Lipinski definition) is 3. The highest BCUT2D eigenvalue weighted by molar-refractivity contribution is 5.90. The molecule has 0 aliphatic carbocycles. The van der Waals surface area contributed by atoms with Gasteiger partial charge in [-0.05, 0) is 36.6 Å². The van der Waals surface area contributed by atoms with Crippen LogP contribution in [0.3, 0.4) is 0 Å². The van der Waals surface area contributed by atoms with Crippen molar-refractivity contribution < 1.29 is 9.59 Å². The lowest BCUT2D eigenvalue weighted by molar-refractivity contribution is -0.135. The van der Waals surface area contributed by atoms with Crippen molar-refractivity contribution in [2.75, 3.05) is 0 Å². The van der Waals surface area contributed by atoms with Gasteiger partial charge in [0.15, 0.2) is 0 Å². The first-order valence-electron chi connectivity index (χ1n) is 8.16. The van der Waals surface area contributed by atoms with Crippen molar-refractivity contribution in [3.8, 4) is 0 Å². The number of carbonyl (C=O) groups excluding carboxylic acids is 2. The normalized spacial score (nSPS) is 16.7. The van der Waals surface area contributed by atoms with E-state index in [2.05, 4.69) is 10.3 Å². The molecule has 0 unspecified atom stereocenters. The van der Waals surface area contributed by atoms with Gasteiger partial charge in [0.05, 0.1) is 12.2 Å². The van der Waals surface area contributed by atoms with E-state index in [9.17, 15) is 9.59 Å². The van der Waals surface area contributed by atoms with Crippen molar-refractivity contribution >= 4 is 11.8 Å². The van der Waals surface area contributed by atoms with Gasteiger partial charge in [0.2, 0.25) is 11.8 Å². The topological polar surface area (TPSA) is 62.3 Å². The lowest BCUT2D eigenvalue weighted by Gasteiger charge is -2.26. The minimum absolute atomic E-state index is 0.0465. The predicted octanol–water partition coefficient (Wildman–Crippen LogP) is 2.20. The number of aryl methyl sites for hydroxylation is 1. The van der Waals surface area contributed by atoms with E-state index in [0.717, 1.165) is 16.8 Å². The highest BCUT2D eigenvalue weighted by atomic mass is 16.2. The Morgan fingerprint density at radius 2 is 2.00 bits per heavy atom. The first-order valence-corrected chi connectivity index (χ1v) is 8.16. The lowest BCUT2D eigenvalue weighted by Crippen LogP contribution is -2.44. The Labute approximate surface area is 141 Å². The molecule has 5 nitrogen and oxygen atoms in total. The first-order chi connectivity index (χ1) is 11.6. The first kappa shape index (κ1) is 16.2. The molecule has 5 heteroatoms. The molecule has 1 aromatic heterocycles. The van der Waals surface area contributed by atoms with Crippen LogP contribution in [-0.4, -0.2) is 27.7 Å². The third-order valence-electron chi connectivity index (χ3n) is 4.31. The van der Waals surface area contributed by atoms with Crippen molar-refractivity contribution in [3.63, 3.8) is 0 Å². The van der Waals surface area contributed by atoms with Gasteiger partial charge in [-0.3, -0.25) is 14.6 Å². The van der Waals surface area contributed by atoms with E-state index in [1.165, 1.54) is 0 Å². The summed E-state index contributed by atoms with van der Waals surface area (Å²) in [6.07, 6.45) is 2.70. The molecule has 1 aromatic carbocycles. The summed E-state index contributed by atoms with van der Waals surface area (Å²) < 4.78 is 0. The molecular weight excluding hydrogens is 302 g/mol. The average molecular weight is 323 g/mol. The predicted molar refractivity (Wildman–Crippen MR) is 90.8 cm³/mol. The summed E-state index contributed by atoms with van der Waals surface area (Å²) in [5.74, 6) is -0.100. The van der Waals surface area contributed by atoms with Crippen LogP contribution < -0.4 is 5.32 Å². The SMILES string of the molecule is Cc1ccccc1CN(Cc1ccccn1)C(=O)[C@H]1CCC(=O)N1. The molecule has 1 aliphatic rings. The zero-order valence-electron chi connectivity index (χ0n) is 13.7. The van der Waals surface area contributed by atoms with Crippen LogP contribution in [0, 0.1) is 6.92 Å². The molecule has 2 heterocycles. The summed E-state index contributed by atoms with van der Waals surface area (Å²) >= 11 is 0. The average Bonchev–Trinajstić information content (AvgIpc) is 3.03. The van der Waals surface area contributed by atoms with Gasteiger partial charge in [0.25, 0.3) is 0 Å². The minimum atomic E-state index is -0.426. The molecule has 1 N–H and O–H groups in total. The second-order valence-corrected chi connectivity index (χ2v) is 6.10.